The Labute approximate surface area is 175 Å². The number of carbonyl (C=O) groups excluding carboxylic acids is 1. The number of rotatable bonds is 8. The fourth-order valence-corrected chi connectivity index (χ4v) is 4.01. The largest absolute Gasteiger partial charge is 0.354 e. The van der Waals surface area contributed by atoms with Crippen LogP contribution in [0.5, 0.6) is 0 Å². The fourth-order valence-electron chi connectivity index (χ4n) is 4.01. The lowest BCUT2D eigenvalue weighted by Gasteiger charge is -2.44. The molecule has 1 amide bonds. The van der Waals surface area contributed by atoms with Crippen LogP contribution >= 0.6 is 0 Å². The van der Waals surface area contributed by atoms with Crippen molar-refractivity contribution in [1.29, 1.82) is 0 Å². The molecule has 0 aliphatic carbocycles. The highest BCUT2D eigenvalue weighted by molar-refractivity contribution is 5.84. The molecule has 3 rings (SSSR count). The van der Waals surface area contributed by atoms with E-state index in [0.717, 1.165) is 43.9 Å². The van der Waals surface area contributed by atoms with Crippen molar-refractivity contribution < 1.29 is 4.79 Å². The van der Waals surface area contributed by atoms with Crippen LogP contribution in [0.4, 0.5) is 0 Å². The van der Waals surface area contributed by atoms with Crippen LogP contribution in [-0.4, -0.2) is 65.5 Å². The topological polar surface area (TPSA) is 48.5 Å². The zero-order valence-corrected chi connectivity index (χ0v) is 18.0. The second-order valence-corrected chi connectivity index (χ2v) is 8.48. The van der Waals surface area contributed by atoms with E-state index in [1.54, 1.807) is 6.20 Å². The Morgan fingerprint density at radius 3 is 2.45 bits per heavy atom. The van der Waals surface area contributed by atoms with Gasteiger partial charge in [0, 0.05) is 50.7 Å². The van der Waals surface area contributed by atoms with Crippen LogP contribution in [-0.2, 0) is 11.2 Å². The molecule has 156 valence electrons. The number of nitrogens with one attached hydrogen (secondary N) is 1. The summed E-state index contributed by atoms with van der Waals surface area (Å²) in [5.41, 5.74) is 2.06. The van der Waals surface area contributed by atoms with E-state index < -0.39 is 0 Å². The summed E-state index contributed by atoms with van der Waals surface area (Å²) in [5.74, 6) is -0.131. The Hall–Kier alpha value is -2.24. The van der Waals surface area contributed by atoms with Gasteiger partial charge in [-0.1, -0.05) is 43.3 Å². The van der Waals surface area contributed by atoms with Gasteiger partial charge in [0.2, 0.25) is 5.91 Å². The molecule has 1 N–H and O–H groups in total. The molecule has 0 saturated carbocycles. The van der Waals surface area contributed by atoms with Crippen molar-refractivity contribution in [3.05, 3.63) is 66.0 Å². The summed E-state index contributed by atoms with van der Waals surface area (Å²) in [5, 5.41) is 3.25. The van der Waals surface area contributed by atoms with Crippen molar-refractivity contribution in [3.63, 3.8) is 0 Å². The molecule has 1 aliphatic heterocycles. The highest BCUT2D eigenvalue weighted by Gasteiger charge is 2.31. The fraction of sp³-hybridized carbons (Fsp3) is 0.500. The molecule has 0 spiro atoms. The molecular weight excluding hydrogens is 360 g/mol. The first-order valence-electron chi connectivity index (χ1n) is 10.7. The van der Waals surface area contributed by atoms with Gasteiger partial charge in [0.15, 0.2) is 0 Å². The first-order chi connectivity index (χ1) is 14.0. The Kier molecular flexibility index (Phi) is 7.40. The summed E-state index contributed by atoms with van der Waals surface area (Å²) < 4.78 is 0. The molecule has 5 nitrogen and oxygen atoms in total. The normalized spacial score (nSPS) is 17.1. The first kappa shape index (κ1) is 21.5. The van der Waals surface area contributed by atoms with E-state index in [-0.39, 0.29) is 17.4 Å². The van der Waals surface area contributed by atoms with Crippen molar-refractivity contribution >= 4 is 5.91 Å². The van der Waals surface area contributed by atoms with Crippen molar-refractivity contribution in [2.45, 2.75) is 38.6 Å². The predicted octanol–water partition coefficient (Wildman–Crippen LogP) is 2.94. The number of hydrogen-bond donors (Lipinski definition) is 1. The van der Waals surface area contributed by atoms with Crippen LogP contribution < -0.4 is 5.32 Å². The summed E-state index contributed by atoms with van der Waals surface area (Å²) in [4.78, 5) is 22.4. The zero-order valence-electron chi connectivity index (χ0n) is 18.0. The lowest BCUT2D eigenvalue weighted by atomic mass is 9.91. The summed E-state index contributed by atoms with van der Waals surface area (Å²) >= 11 is 0. The van der Waals surface area contributed by atoms with Crippen molar-refractivity contribution in [3.8, 4) is 0 Å². The molecule has 1 unspecified atom stereocenters. The van der Waals surface area contributed by atoms with E-state index in [9.17, 15) is 4.79 Å². The number of pyridine rings is 1. The van der Waals surface area contributed by atoms with E-state index in [0.29, 0.717) is 13.0 Å². The minimum Gasteiger partial charge on any atom is -0.354 e. The molecule has 0 bridgehead atoms. The molecule has 5 heteroatoms. The highest BCUT2D eigenvalue weighted by atomic mass is 16.1. The van der Waals surface area contributed by atoms with Gasteiger partial charge >= 0.3 is 0 Å². The molecule has 1 aromatic heterocycles. The van der Waals surface area contributed by atoms with Crippen molar-refractivity contribution in [1.82, 2.24) is 20.1 Å². The monoisotopic (exact) mass is 394 g/mol. The third-order valence-electron chi connectivity index (χ3n) is 6.05. The van der Waals surface area contributed by atoms with Crippen LogP contribution in [0.25, 0.3) is 0 Å². The number of amides is 1. The van der Waals surface area contributed by atoms with Crippen molar-refractivity contribution in [2.75, 3.05) is 39.3 Å². The highest BCUT2D eigenvalue weighted by Crippen LogP contribution is 2.22. The standard InChI is InChI=1S/C24H34N4O/c1-4-27-13-15-28(16-14-27)24(2,3)19-26-23(29)22(21-10-6-5-7-11-21)17-20-9-8-12-25-18-20/h5-12,18,22H,4,13-17,19H2,1-3H3,(H,26,29). The SMILES string of the molecule is CCN1CCN(C(C)(C)CNC(=O)C(Cc2cccnc2)c2ccccc2)CC1. The van der Waals surface area contributed by atoms with Crippen molar-refractivity contribution in [2.24, 2.45) is 0 Å². The Morgan fingerprint density at radius 1 is 1.10 bits per heavy atom. The maximum absolute atomic E-state index is 13.2. The average molecular weight is 395 g/mol. The summed E-state index contributed by atoms with van der Waals surface area (Å²) in [6.07, 6.45) is 4.27. The second kappa shape index (κ2) is 9.99. The lowest BCUT2D eigenvalue weighted by Crippen LogP contribution is -2.58. The van der Waals surface area contributed by atoms with E-state index >= 15 is 0 Å². The van der Waals surface area contributed by atoms with Gasteiger partial charge in [0.25, 0.3) is 0 Å². The Bertz CT molecular complexity index is 755. The molecule has 1 aliphatic rings. The summed E-state index contributed by atoms with van der Waals surface area (Å²) in [6, 6.07) is 14.0. The quantitative estimate of drug-likeness (QED) is 0.748. The number of benzene rings is 1. The van der Waals surface area contributed by atoms with Gasteiger partial charge in [0.1, 0.15) is 0 Å². The maximum Gasteiger partial charge on any atom is 0.227 e. The first-order valence-corrected chi connectivity index (χ1v) is 10.7. The van der Waals surface area contributed by atoms with Gasteiger partial charge in [-0.3, -0.25) is 14.7 Å². The molecule has 1 fully saturated rings. The lowest BCUT2D eigenvalue weighted by molar-refractivity contribution is -0.123. The third kappa shape index (κ3) is 5.87. The van der Waals surface area contributed by atoms with Gasteiger partial charge in [0.05, 0.1) is 5.92 Å². The molecule has 1 atom stereocenters. The van der Waals surface area contributed by atoms with Crippen LogP contribution in [0.15, 0.2) is 54.9 Å². The number of aromatic nitrogens is 1. The molecule has 1 saturated heterocycles. The van der Waals surface area contributed by atoms with Crippen LogP contribution in [0, 0.1) is 0 Å². The second-order valence-electron chi connectivity index (χ2n) is 8.48. The van der Waals surface area contributed by atoms with E-state index in [4.69, 9.17) is 0 Å². The maximum atomic E-state index is 13.2. The van der Waals surface area contributed by atoms with E-state index in [1.807, 2.05) is 48.7 Å². The Balaban J connectivity index is 1.65. The zero-order chi connectivity index (χ0) is 20.7. The molecule has 29 heavy (non-hydrogen) atoms. The van der Waals surface area contributed by atoms with E-state index in [2.05, 4.69) is 40.9 Å². The van der Waals surface area contributed by atoms with Gasteiger partial charge in [-0.25, -0.2) is 0 Å². The summed E-state index contributed by atoms with van der Waals surface area (Å²) in [6.45, 7) is 12.7. The van der Waals surface area contributed by atoms with Gasteiger partial charge in [-0.15, -0.1) is 0 Å². The van der Waals surface area contributed by atoms with Crippen LogP contribution in [0.1, 0.15) is 37.8 Å². The van der Waals surface area contributed by atoms with Crippen LogP contribution in [0.3, 0.4) is 0 Å². The predicted molar refractivity (Wildman–Crippen MR) is 118 cm³/mol. The minimum absolute atomic E-state index is 0.0645. The molecule has 1 aromatic carbocycles. The molecule has 2 aromatic rings. The third-order valence-corrected chi connectivity index (χ3v) is 6.05. The smallest absolute Gasteiger partial charge is 0.227 e. The van der Waals surface area contributed by atoms with E-state index in [1.165, 1.54) is 0 Å². The number of carbonyl (C=O) groups is 1. The number of likely N-dealkylation sites (N-methyl/N-ethyl adjacent to an activating group) is 1. The van der Waals surface area contributed by atoms with Gasteiger partial charge < -0.3 is 10.2 Å². The van der Waals surface area contributed by atoms with Gasteiger partial charge in [-0.2, -0.15) is 0 Å². The average Bonchev–Trinajstić information content (AvgIpc) is 2.77. The van der Waals surface area contributed by atoms with Crippen LogP contribution in [0.2, 0.25) is 0 Å². The number of hydrogen-bond acceptors (Lipinski definition) is 4. The number of piperazine rings is 1. The Morgan fingerprint density at radius 2 is 1.83 bits per heavy atom. The van der Waals surface area contributed by atoms with Gasteiger partial charge in [-0.05, 0) is 44.0 Å². The summed E-state index contributed by atoms with van der Waals surface area (Å²) in [7, 11) is 0. The molecular formula is C24H34N4O. The number of nitrogens with zero attached hydrogens (tertiary/aromatic N) is 3. The molecule has 0 radical (unpaired) electrons. The minimum atomic E-state index is -0.215. The molecule has 2 heterocycles.